The molecule has 2 aromatic rings. The zero-order chi connectivity index (χ0) is 9.97. The summed E-state index contributed by atoms with van der Waals surface area (Å²) in [5.41, 5.74) is 2.18. The number of fused-ring (bicyclic) bond motifs is 1. The molecule has 0 fully saturated rings. The number of hydrogen-bond acceptors (Lipinski definition) is 4. The van der Waals surface area contributed by atoms with Gasteiger partial charge < -0.3 is 5.32 Å². The Morgan fingerprint density at radius 2 is 2.43 bits per heavy atom. The highest BCUT2D eigenvalue weighted by atomic mass is 32.1. The van der Waals surface area contributed by atoms with E-state index in [1.54, 1.807) is 17.7 Å². The van der Waals surface area contributed by atoms with Crippen molar-refractivity contribution in [3.05, 3.63) is 17.3 Å². The van der Waals surface area contributed by atoms with Gasteiger partial charge in [-0.25, -0.2) is 9.97 Å². The van der Waals surface area contributed by atoms with E-state index in [9.17, 15) is 0 Å². The average Bonchev–Trinajstić information content (AvgIpc) is 2.58. The molecular formula is C10H9N3S. The average molecular weight is 203 g/mol. The van der Waals surface area contributed by atoms with Gasteiger partial charge in [-0.2, -0.15) is 0 Å². The topological polar surface area (TPSA) is 37.8 Å². The number of hydrogen-bond donors (Lipinski definition) is 1. The molecule has 1 N–H and O–H groups in total. The van der Waals surface area contributed by atoms with Crippen LogP contribution in [0.5, 0.6) is 0 Å². The molecule has 2 rings (SSSR count). The molecule has 4 heteroatoms. The molecule has 0 aliphatic heterocycles. The number of aromatic nitrogens is 2. The maximum Gasteiger partial charge on any atom is 0.148 e. The molecule has 2 aromatic heterocycles. The maximum atomic E-state index is 5.17. The fourth-order valence-corrected chi connectivity index (χ4v) is 2.20. The van der Waals surface area contributed by atoms with E-state index >= 15 is 0 Å². The minimum absolute atomic E-state index is 0.489. The second-order valence-corrected chi connectivity index (χ2v) is 3.76. The highest BCUT2D eigenvalue weighted by Crippen LogP contribution is 2.27. The first-order valence-electron chi connectivity index (χ1n) is 4.19. The zero-order valence-electron chi connectivity index (χ0n) is 7.74. The summed E-state index contributed by atoms with van der Waals surface area (Å²) in [7, 11) is 0. The van der Waals surface area contributed by atoms with Gasteiger partial charge in [0.2, 0.25) is 0 Å². The first-order chi connectivity index (χ1) is 6.83. The van der Waals surface area contributed by atoms with Crippen LogP contribution in [-0.4, -0.2) is 16.5 Å². The number of aryl methyl sites for hydroxylation is 1. The smallest absolute Gasteiger partial charge is 0.148 e. The molecule has 0 saturated carbocycles. The van der Waals surface area contributed by atoms with E-state index in [4.69, 9.17) is 6.42 Å². The molecule has 14 heavy (non-hydrogen) atoms. The Morgan fingerprint density at radius 3 is 3.21 bits per heavy atom. The van der Waals surface area contributed by atoms with Crippen molar-refractivity contribution in [1.82, 2.24) is 9.97 Å². The summed E-state index contributed by atoms with van der Waals surface area (Å²) in [6.07, 6.45) is 6.73. The van der Waals surface area contributed by atoms with Crippen molar-refractivity contribution in [3.8, 4) is 12.3 Å². The van der Waals surface area contributed by atoms with E-state index in [-0.39, 0.29) is 0 Å². The van der Waals surface area contributed by atoms with Gasteiger partial charge in [0.1, 0.15) is 12.1 Å². The Bertz CT molecular complexity index is 496. The molecule has 0 radical (unpaired) electrons. The first kappa shape index (κ1) is 8.97. The molecule has 0 saturated heterocycles. The van der Waals surface area contributed by atoms with Crippen LogP contribution < -0.4 is 5.32 Å². The minimum atomic E-state index is 0.489. The van der Waals surface area contributed by atoms with Gasteiger partial charge in [-0.15, -0.1) is 17.8 Å². The Labute approximate surface area is 86.2 Å². The number of nitrogens with zero attached hydrogens (tertiary/aromatic N) is 2. The van der Waals surface area contributed by atoms with E-state index in [0.717, 1.165) is 16.0 Å². The highest BCUT2D eigenvalue weighted by molar-refractivity contribution is 7.18. The van der Waals surface area contributed by atoms with E-state index in [0.29, 0.717) is 6.54 Å². The fourth-order valence-electron chi connectivity index (χ4n) is 1.23. The second kappa shape index (κ2) is 3.64. The van der Waals surface area contributed by atoms with Crippen molar-refractivity contribution in [2.75, 3.05) is 11.9 Å². The summed E-state index contributed by atoms with van der Waals surface area (Å²) in [4.78, 5) is 8.37. The zero-order valence-corrected chi connectivity index (χ0v) is 8.56. The summed E-state index contributed by atoms with van der Waals surface area (Å²) >= 11 is 1.63. The fraction of sp³-hybridized carbons (Fsp3) is 0.200. The van der Waals surface area contributed by atoms with Crippen LogP contribution in [0, 0.1) is 19.3 Å². The van der Waals surface area contributed by atoms with Crippen LogP contribution in [0.25, 0.3) is 10.2 Å². The number of thiophene rings is 1. The van der Waals surface area contributed by atoms with Crippen molar-refractivity contribution in [1.29, 1.82) is 0 Å². The number of terminal acetylenes is 1. The van der Waals surface area contributed by atoms with Crippen molar-refractivity contribution in [2.45, 2.75) is 6.92 Å². The quantitative estimate of drug-likeness (QED) is 0.759. The molecule has 0 aromatic carbocycles. The summed E-state index contributed by atoms with van der Waals surface area (Å²) < 4.78 is 1.07. The molecule has 0 spiro atoms. The standard InChI is InChI=1S/C10H9N3S/c1-3-4-11-10-9-8(12-6-13-10)7(2)5-14-9/h1,5-6H,4H2,2H3,(H,11,12,13). The summed E-state index contributed by atoms with van der Waals surface area (Å²) in [6, 6.07) is 0. The third-order valence-electron chi connectivity index (χ3n) is 1.89. The van der Waals surface area contributed by atoms with Crippen LogP contribution in [0.4, 0.5) is 5.82 Å². The second-order valence-electron chi connectivity index (χ2n) is 2.88. The lowest BCUT2D eigenvalue weighted by Crippen LogP contribution is -2.00. The van der Waals surface area contributed by atoms with Gasteiger partial charge in [0.25, 0.3) is 0 Å². The number of nitrogens with one attached hydrogen (secondary N) is 1. The number of rotatable bonds is 2. The van der Waals surface area contributed by atoms with Gasteiger partial charge in [-0.1, -0.05) is 5.92 Å². The van der Waals surface area contributed by atoms with E-state index < -0.39 is 0 Å². The van der Waals surface area contributed by atoms with Crippen LogP contribution in [0.1, 0.15) is 5.56 Å². The molecule has 0 amide bonds. The Kier molecular flexibility index (Phi) is 2.33. The molecule has 70 valence electrons. The van der Waals surface area contributed by atoms with Gasteiger partial charge in [-0.05, 0) is 17.9 Å². The molecule has 0 aliphatic carbocycles. The monoisotopic (exact) mass is 203 g/mol. The normalized spacial score (nSPS) is 10.0. The van der Waals surface area contributed by atoms with Crippen molar-refractivity contribution in [3.63, 3.8) is 0 Å². The van der Waals surface area contributed by atoms with E-state index in [1.165, 1.54) is 5.56 Å². The largest absolute Gasteiger partial charge is 0.358 e. The van der Waals surface area contributed by atoms with Gasteiger partial charge >= 0.3 is 0 Å². The van der Waals surface area contributed by atoms with Crippen LogP contribution in [0.3, 0.4) is 0 Å². The lowest BCUT2D eigenvalue weighted by atomic mass is 10.3. The van der Waals surface area contributed by atoms with Crippen molar-refractivity contribution >= 4 is 27.4 Å². The summed E-state index contributed by atoms with van der Waals surface area (Å²) in [5, 5.41) is 5.14. The van der Waals surface area contributed by atoms with Gasteiger partial charge in [0, 0.05) is 0 Å². The maximum absolute atomic E-state index is 5.17. The number of anilines is 1. The summed E-state index contributed by atoms with van der Waals surface area (Å²) in [5.74, 6) is 3.35. The molecule has 0 atom stereocenters. The van der Waals surface area contributed by atoms with E-state index in [2.05, 4.69) is 26.6 Å². The molecule has 0 aliphatic rings. The Balaban J connectivity index is 2.50. The molecule has 0 bridgehead atoms. The van der Waals surface area contributed by atoms with Gasteiger partial charge in [-0.3, -0.25) is 0 Å². The molecular weight excluding hydrogens is 194 g/mol. The lowest BCUT2D eigenvalue weighted by molar-refractivity contribution is 1.19. The van der Waals surface area contributed by atoms with Crippen LogP contribution in [0.15, 0.2) is 11.7 Å². The predicted octanol–water partition coefficient (Wildman–Crippen LogP) is 2.04. The third-order valence-corrected chi connectivity index (χ3v) is 2.98. The summed E-state index contributed by atoms with van der Waals surface area (Å²) in [6.45, 7) is 2.53. The third kappa shape index (κ3) is 1.42. The van der Waals surface area contributed by atoms with Crippen LogP contribution in [0.2, 0.25) is 0 Å². The van der Waals surface area contributed by atoms with Crippen molar-refractivity contribution < 1.29 is 0 Å². The molecule has 0 unspecified atom stereocenters. The highest BCUT2D eigenvalue weighted by Gasteiger charge is 2.06. The minimum Gasteiger partial charge on any atom is -0.358 e. The first-order valence-corrected chi connectivity index (χ1v) is 5.07. The van der Waals surface area contributed by atoms with Crippen LogP contribution >= 0.6 is 11.3 Å². The lowest BCUT2D eigenvalue weighted by Gasteiger charge is -2.01. The molecule has 2 heterocycles. The Hall–Kier alpha value is -1.60. The van der Waals surface area contributed by atoms with Crippen LogP contribution in [-0.2, 0) is 0 Å². The van der Waals surface area contributed by atoms with Gasteiger partial charge in [0.15, 0.2) is 0 Å². The predicted molar refractivity (Wildman–Crippen MR) is 59.5 cm³/mol. The van der Waals surface area contributed by atoms with Crippen molar-refractivity contribution in [2.24, 2.45) is 0 Å². The Morgan fingerprint density at radius 1 is 1.57 bits per heavy atom. The van der Waals surface area contributed by atoms with Gasteiger partial charge in [0.05, 0.1) is 16.8 Å². The molecule has 3 nitrogen and oxygen atoms in total. The SMILES string of the molecule is C#CCNc1ncnc2c(C)csc12. The van der Waals surface area contributed by atoms with E-state index in [1.807, 2.05) is 6.92 Å².